The third kappa shape index (κ3) is 1.72. The van der Waals surface area contributed by atoms with Crippen molar-refractivity contribution in [3.63, 3.8) is 0 Å². The Labute approximate surface area is 116 Å². The molecule has 3 aromatic rings. The molecule has 9 nitrogen and oxygen atoms in total. The number of fused-ring (bicyclic) bond motifs is 3. The summed E-state index contributed by atoms with van der Waals surface area (Å²) < 4.78 is 2.34. The van der Waals surface area contributed by atoms with Gasteiger partial charge in [0.05, 0.1) is 6.20 Å². The Hall–Kier alpha value is -2.49. The standard InChI is InChI=1S/C10H8N6O3S/c17-9-7-8(16-6(13-14-7)1-2-12-16)11-4-15(9)5(3-20)10(18)19/h1-2,4-5,20H,3H2,(H,18,19). The van der Waals surface area contributed by atoms with Crippen molar-refractivity contribution in [2.45, 2.75) is 6.04 Å². The second-order valence-corrected chi connectivity index (χ2v) is 4.33. The van der Waals surface area contributed by atoms with Crippen LogP contribution < -0.4 is 5.56 Å². The molecule has 10 heteroatoms. The average Bonchev–Trinajstić information content (AvgIpc) is 2.90. The molecule has 3 heterocycles. The Balaban J connectivity index is 2.33. The van der Waals surface area contributed by atoms with Gasteiger partial charge < -0.3 is 5.11 Å². The average molecular weight is 292 g/mol. The molecule has 0 amide bonds. The van der Waals surface area contributed by atoms with E-state index in [1.165, 1.54) is 10.7 Å². The van der Waals surface area contributed by atoms with Crippen LogP contribution in [0.1, 0.15) is 6.04 Å². The van der Waals surface area contributed by atoms with E-state index in [0.29, 0.717) is 5.65 Å². The van der Waals surface area contributed by atoms with E-state index in [1.54, 1.807) is 6.07 Å². The molecule has 1 atom stereocenters. The summed E-state index contributed by atoms with van der Waals surface area (Å²) in [7, 11) is 0. The van der Waals surface area contributed by atoms with Crippen molar-refractivity contribution >= 4 is 35.4 Å². The summed E-state index contributed by atoms with van der Waals surface area (Å²) in [5.74, 6) is -1.21. The van der Waals surface area contributed by atoms with Crippen LogP contribution in [-0.4, -0.2) is 46.2 Å². The van der Waals surface area contributed by atoms with Gasteiger partial charge in [-0.25, -0.2) is 9.78 Å². The topological polar surface area (TPSA) is 115 Å². The number of carboxylic acid groups (broad SMARTS) is 1. The van der Waals surface area contributed by atoms with Gasteiger partial charge in [0.2, 0.25) is 0 Å². The molecule has 0 aliphatic rings. The first-order valence-corrected chi connectivity index (χ1v) is 6.17. The fourth-order valence-electron chi connectivity index (χ4n) is 1.83. The minimum absolute atomic E-state index is 0.0418. The molecule has 1 unspecified atom stereocenters. The van der Waals surface area contributed by atoms with Crippen LogP contribution in [0.15, 0.2) is 23.4 Å². The Kier molecular flexibility index (Phi) is 2.86. The summed E-state index contributed by atoms with van der Waals surface area (Å²) in [6, 6.07) is 0.505. The number of thiol groups is 1. The van der Waals surface area contributed by atoms with Gasteiger partial charge in [-0.05, 0) is 0 Å². The molecule has 102 valence electrons. The Morgan fingerprint density at radius 2 is 2.25 bits per heavy atom. The molecule has 20 heavy (non-hydrogen) atoms. The first-order chi connectivity index (χ1) is 9.63. The summed E-state index contributed by atoms with van der Waals surface area (Å²) in [4.78, 5) is 27.4. The van der Waals surface area contributed by atoms with Crippen LogP contribution in [0, 0.1) is 0 Å². The fourth-order valence-corrected chi connectivity index (χ4v) is 2.17. The number of aromatic nitrogens is 6. The van der Waals surface area contributed by atoms with Crippen LogP contribution in [0.3, 0.4) is 0 Å². The van der Waals surface area contributed by atoms with Crippen LogP contribution in [0.5, 0.6) is 0 Å². The first kappa shape index (κ1) is 12.5. The van der Waals surface area contributed by atoms with E-state index in [2.05, 4.69) is 32.9 Å². The number of hydrogen-bond acceptors (Lipinski definition) is 7. The van der Waals surface area contributed by atoms with Crippen LogP contribution in [0.25, 0.3) is 16.8 Å². The smallest absolute Gasteiger partial charge is 0.327 e. The van der Waals surface area contributed by atoms with Gasteiger partial charge in [0, 0.05) is 11.8 Å². The second kappa shape index (κ2) is 4.56. The third-order valence-corrected chi connectivity index (χ3v) is 3.17. The normalized spacial score (nSPS) is 12.8. The van der Waals surface area contributed by atoms with Gasteiger partial charge in [0.1, 0.15) is 12.4 Å². The predicted molar refractivity (Wildman–Crippen MR) is 70.9 cm³/mol. The van der Waals surface area contributed by atoms with E-state index < -0.39 is 17.6 Å². The molecule has 0 aromatic carbocycles. The minimum Gasteiger partial charge on any atom is -0.480 e. The Morgan fingerprint density at radius 3 is 2.95 bits per heavy atom. The van der Waals surface area contributed by atoms with Crippen LogP contribution in [0.2, 0.25) is 0 Å². The van der Waals surface area contributed by atoms with Gasteiger partial charge >= 0.3 is 5.97 Å². The van der Waals surface area contributed by atoms with Crippen LogP contribution in [-0.2, 0) is 4.79 Å². The molecule has 0 aliphatic carbocycles. The number of hydrogen-bond donors (Lipinski definition) is 2. The number of carboxylic acids is 1. The van der Waals surface area contributed by atoms with Gasteiger partial charge in [-0.15, -0.1) is 10.2 Å². The van der Waals surface area contributed by atoms with E-state index in [4.69, 9.17) is 5.11 Å². The highest BCUT2D eigenvalue weighted by Gasteiger charge is 2.21. The van der Waals surface area contributed by atoms with Crippen molar-refractivity contribution in [3.05, 3.63) is 28.9 Å². The maximum Gasteiger partial charge on any atom is 0.327 e. The lowest BCUT2D eigenvalue weighted by Gasteiger charge is -2.12. The SMILES string of the molecule is O=C(O)C(CS)n1cnc2c(nnc3ccnn32)c1=O. The highest BCUT2D eigenvalue weighted by Crippen LogP contribution is 2.09. The lowest BCUT2D eigenvalue weighted by molar-refractivity contribution is -0.140. The van der Waals surface area contributed by atoms with Crippen LogP contribution in [0.4, 0.5) is 0 Å². The first-order valence-electron chi connectivity index (χ1n) is 5.54. The van der Waals surface area contributed by atoms with Crippen molar-refractivity contribution in [1.82, 2.24) is 29.4 Å². The number of carbonyl (C=O) groups is 1. The van der Waals surface area contributed by atoms with Gasteiger partial charge in [-0.2, -0.15) is 22.2 Å². The van der Waals surface area contributed by atoms with E-state index in [0.717, 1.165) is 10.9 Å². The van der Waals surface area contributed by atoms with Crippen molar-refractivity contribution in [2.24, 2.45) is 0 Å². The molecule has 3 rings (SSSR count). The number of nitrogens with zero attached hydrogens (tertiary/aromatic N) is 6. The van der Waals surface area contributed by atoms with E-state index in [-0.39, 0.29) is 16.9 Å². The van der Waals surface area contributed by atoms with E-state index >= 15 is 0 Å². The largest absolute Gasteiger partial charge is 0.480 e. The molecule has 0 spiro atoms. The molecule has 0 saturated carbocycles. The third-order valence-electron chi connectivity index (χ3n) is 2.82. The summed E-state index contributed by atoms with van der Waals surface area (Å²) in [6.07, 6.45) is 2.66. The van der Waals surface area contributed by atoms with Crippen molar-refractivity contribution in [3.8, 4) is 0 Å². The highest BCUT2D eigenvalue weighted by molar-refractivity contribution is 7.80. The second-order valence-electron chi connectivity index (χ2n) is 3.97. The number of aliphatic carboxylic acids is 1. The summed E-state index contributed by atoms with van der Waals surface area (Å²) in [5, 5.41) is 20.7. The zero-order chi connectivity index (χ0) is 14.3. The summed E-state index contributed by atoms with van der Waals surface area (Å²) >= 11 is 3.93. The summed E-state index contributed by atoms with van der Waals surface area (Å²) in [6.45, 7) is 0. The lowest BCUT2D eigenvalue weighted by Crippen LogP contribution is -2.32. The van der Waals surface area contributed by atoms with E-state index in [9.17, 15) is 9.59 Å². The maximum absolute atomic E-state index is 12.3. The monoisotopic (exact) mass is 292 g/mol. The maximum atomic E-state index is 12.3. The van der Waals surface area contributed by atoms with Gasteiger partial charge in [0.15, 0.2) is 16.8 Å². The Morgan fingerprint density at radius 1 is 1.45 bits per heavy atom. The fraction of sp³-hybridized carbons (Fsp3) is 0.200. The molecule has 0 bridgehead atoms. The Bertz CT molecular complexity index is 872. The molecule has 0 saturated heterocycles. The molecule has 0 radical (unpaired) electrons. The zero-order valence-corrected chi connectivity index (χ0v) is 10.8. The highest BCUT2D eigenvalue weighted by atomic mass is 32.1. The minimum atomic E-state index is -1.17. The van der Waals surface area contributed by atoms with Crippen molar-refractivity contribution in [1.29, 1.82) is 0 Å². The van der Waals surface area contributed by atoms with Gasteiger partial charge in [-0.1, -0.05) is 0 Å². The predicted octanol–water partition coefficient (Wildman–Crippen LogP) is -0.610. The van der Waals surface area contributed by atoms with Crippen LogP contribution >= 0.6 is 12.6 Å². The van der Waals surface area contributed by atoms with E-state index in [1.807, 2.05) is 0 Å². The van der Waals surface area contributed by atoms with Gasteiger partial charge in [0.25, 0.3) is 5.56 Å². The number of rotatable bonds is 3. The molecule has 0 aliphatic heterocycles. The molecule has 0 fully saturated rings. The van der Waals surface area contributed by atoms with Gasteiger partial charge in [-0.3, -0.25) is 9.36 Å². The van der Waals surface area contributed by atoms with Crippen molar-refractivity contribution in [2.75, 3.05) is 5.75 Å². The quantitative estimate of drug-likeness (QED) is 0.619. The van der Waals surface area contributed by atoms with Crippen molar-refractivity contribution < 1.29 is 9.90 Å². The molecule has 3 aromatic heterocycles. The molecule has 1 N–H and O–H groups in total. The summed E-state index contributed by atoms with van der Waals surface area (Å²) in [5.41, 5.74) is 0.0359. The lowest BCUT2D eigenvalue weighted by atomic mass is 10.3. The zero-order valence-electron chi connectivity index (χ0n) is 9.91. The molecular weight excluding hydrogens is 284 g/mol. The molecular formula is C10H8N6O3S.